The Hall–Kier alpha value is -2.83. The lowest BCUT2D eigenvalue weighted by Crippen LogP contribution is -3.00. The van der Waals surface area contributed by atoms with Crippen LogP contribution in [0, 0.1) is 34.5 Å². The molecule has 9 rings (SSSR count). The molecule has 4 bridgehead atoms. The van der Waals surface area contributed by atoms with Crippen molar-refractivity contribution in [1.82, 2.24) is 0 Å². The highest BCUT2D eigenvalue weighted by atomic mass is 79.9. The fourth-order valence-corrected chi connectivity index (χ4v) is 13.6. The van der Waals surface area contributed by atoms with E-state index in [1.807, 2.05) is 12.1 Å². The van der Waals surface area contributed by atoms with Crippen LogP contribution in [0.2, 0.25) is 0 Å². The van der Waals surface area contributed by atoms with E-state index in [0.717, 1.165) is 4.90 Å². The smallest absolute Gasteiger partial charge is 0.426 e. The lowest BCUT2D eigenvalue weighted by atomic mass is 9.64. The second-order valence-corrected chi connectivity index (χ2v) is 18.4. The summed E-state index contributed by atoms with van der Waals surface area (Å²) in [5.41, 5.74) is -10.6. The minimum Gasteiger partial charge on any atom is -1.00 e. The van der Waals surface area contributed by atoms with Crippen molar-refractivity contribution in [3.8, 4) is 11.5 Å². The zero-order chi connectivity index (χ0) is 40.6. The summed E-state index contributed by atoms with van der Waals surface area (Å²) in [6.07, 6.45) is -24.0. The highest BCUT2D eigenvalue weighted by molar-refractivity contribution is 7.97. The van der Waals surface area contributed by atoms with Crippen molar-refractivity contribution >= 4 is 10.9 Å². The maximum absolute atomic E-state index is 14.1. The first kappa shape index (κ1) is 41.9. The van der Waals surface area contributed by atoms with Crippen LogP contribution >= 0.6 is 0 Å². The predicted octanol–water partition coefficient (Wildman–Crippen LogP) is 7.90. The third-order valence-electron chi connectivity index (χ3n) is 13.6. The summed E-state index contributed by atoms with van der Waals surface area (Å²) in [5, 5.41) is 0. The quantitative estimate of drug-likeness (QED) is 0.162. The van der Waals surface area contributed by atoms with Gasteiger partial charge in [0.15, 0.2) is 16.4 Å². The minimum atomic E-state index is -5.65. The molecule has 2 heterocycles. The second-order valence-electron chi connectivity index (χ2n) is 16.4. The normalized spacial score (nSPS) is 33.3. The highest BCUT2D eigenvalue weighted by Gasteiger charge is 2.89. The molecule has 0 aromatic heterocycles. The topological polar surface area (TPSA) is 36.9 Å². The molecule has 316 valence electrons. The van der Waals surface area contributed by atoms with Crippen LogP contribution in [-0.2, 0) is 20.4 Å². The molecule has 8 atom stereocenters. The first-order valence-electron chi connectivity index (χ1n) is 18.6. The van der Waals surface area contributed by atoms with Gasteiger partial charge >= 0.3 is 24.7 Å². The zero-order valence-corrected chi connectivity index (χ0v) is 32.5. The van der Waals surface area contributed by atoms with Gasteiger partial charge in [0, 0.05) is 22.7 Å². The molecule has 0 amide bonds. The summed E-state index contributed by atoms with van der Waals surface area (Å²) < 4.78 is 191. The average Bonchev–Trinajstić information content (AvgIpc) is 3.81. The molecule has 3 aromatic rings. The fourth-order valence-electron chi connectivity index (χ4n) is 11.3. The molecule has 6 aliphatic rings. The summed E-state index contributed by atoms with van der Waals surface area (Å²) in [6, 6.07) is 22.9. The predicted molar refractivity (Wildman–Crippen MR) is 178 cm³/mol. The van der Waals surface area contributed by atoms with Crippen molar-refractivity contribution in [3.63, 3.8) is 0 Å². The van der Waals surface area contributed by atoms with Gasteiger partial charge in [0.2, 0.25) is 9.79 Å². The summed E-state index contributed by atoms with van der Waals surface area (Å²) >= 11 is 0. The van der Waals surface area contributed by atoms with Crippen LogP contribution in [-0.4, -0.2) is 61.3 Å². The average molecular weight is 920 g/mol. The van der Waals surface area contributed by atoms with Gasteiger partial charge in [-0.05, 0) is 86.8 Å². The molecule has 3 aromatic carbocycles. The summed E-state index contributed by atoms with van der Waals surface area (Å²) in [5.74, 6) is -4.59. The van der Waals surface area contributed by atoms with Gasteiger partial charge in [-0.1, -0.05) is 42.5 Å². The first-order chi connectivity index (χ1) is 26.7. The molecule has 0 radical (unpaired) electrons. The lowest BCUT2D eigenvalue weighted by Gasteiger charge is -2.59. The van der Waals surface area contributed by atoms with Crippen LogP contribution in [0.15, 0.2) is 93.5 Å². The second kappa shape index (κ2) is 13.6. The molecule has 2 aliphatic heterocycles. The molecule has 58 heavy (non-hydrogen) atoms. The van der Waals surface area contributed by atoms with E-state index in [-0.39, 0.29) is 55.9 Å². The molecule has 0 spiro atoms. The van der Waals surface area contributed by atoms with Crippen molar-refractivity contribution in [3.05, 3.63) is 78.9 Å². The van der Waals surface area contributed by atoms with E-state index in [0.29, 0.717) is 34.1 Å². The summed E-state index contributed by atoms with van der Waals surface area (Å²) in [4.78, 5) is 1.99. The first-order valence-corrected chi connectivity index (χ1v) is 19.8. The number of para-hydroxylation sites is 2. The Balaban J connectivity index is 0.00000469. The molecule has 4 nitrogen and oxygen atoms in total. The molecule has 4 saturated carbocycles. The van der Waals surface area contributed by atoms with Crippen LogP contribution < -0.4 is 26.5 Å². The largest absolute Gasteiger partial charge is 1.00 e. The molecular formula is C40H35BrF12O4S. The number of halogens is 13. The Labute approximate surface area is 338 Å². The van der Waals surface area contributed by atoms with Crippen LogP contribution in [0.25, 0.3) is 0 Å². The maximum atomic E-state index is 14.1. The van der Waals surface area contributed by atoms with E-state index in [9.17, 15) is 52.7 Å². The number of rotatable bonds is 9. The van der Waals surface area contributed by atoms with E-state index < -0.39 is 93.5 Å². The Kier molecular flexibility index (Phi) is 9.81. The van der Waals surface area contributed by atoms with E-state index in [2.05, 4.69) is 0 Å². The van der Waals surface area contributed by atoms with E-state index in [1.54, 1.807) is 66.7 Å². The minimum absolute atomic E-state index is 0. The number of benzene rings is 3. The van der Waals surface area contributed by atoms with Gasteiger partial charge in [-0.3, -0.25) is 0 Å². The number of hydrogen-bond acceptors (Lipinski definition) is 4. The fraction of sp³-hybridized carbons (Fsp3) is 0.550. The van der Waals surface area contributed by atoms with E-state index in [1.165, 1.54) is 0 Å². The molecular weight excluding hydrogens is 884 g/mol. The number of ether oxygens (including phenoxy) is 4. The van der Waals surface area contributed by atoms with Crippen LogP contribution in [0.3, 0.4) is 0 Å². The van der Waals surface area contributed by atoms with Gasteiger partial charge in [0.25, 0.3) is 11.2 Å². The van der Waals surface area contributed by atoms with Crippen molar-refractivity contribution in [1.29, 1.82) is 0 Å². The Morgan fingerprint density at radius 3 is 1.28 bits per heavy atom. The number of alkyl halides is 12. The summed E-state index contributed by atoms with van der Waals surface area (Å²) in [7, 11) is -1.04. The standard InChI is InChI=1S/C40H35F12O4S.BrH/c41-37(42,43)35(38(44,45)46)29-22-14-16-33(18-22,31(29)55-35)20-53-25-10-4-6-12-27(25)57(24-8-2-1-3-9-24)28-13-7-5-11-26(28)54-21-34-17-15-23(19-34)30-32(34)56-36(30,39(47,48)49)40(50,51)52;/h1-13,22-23,29-32H,14-21H2;1H/q+1;/p-1. The number of fused-ring (bicyclic) bond motifs is 10. The van der Waals surface area contributed by atoms with E-state index in [4.69, 9.17) is 18.9 Å². The van der Waals surface area contributed by atoms with Crippen LogP contribution in [0.5, 0.6) is 11.5 Å². The lowest BCUT2D eigenvalue weighted by molar-refractivity contribution is -0.476. The van der Waals surface area contributed by atoms with Crippen LogP contribution in [0.1, 0.15) is 38.5 Å². The Morgan fingerprint density at radius 1 is 0.534 bits per heavy atom. The number of hydrogen-bond donors (Lipinski definition) is 0. The molecule has 2 saturated heterocycles. The Bertz CT molecular complexity index is 1870. The van der Waals surface area contributed by atoms with Crippen molar-refractivity contribution in [2.24, 2.45) is 34.5 Å². The Morgan fingerprint density at radius 2 is 0.897 bits per heavy atom. The third kappa shape index (κ3) is 5.71. The molecule has 6 fully saturated rings. The van der Waals surface area contributed by atoms with Crippen LogP contribution in [0.4, 0.5) is 52.7 Å². The van der Waals surface area contributed by atoms with E-state index >= 15 is 0 Å². The van der Waals surface area contributed by atoms with Gasteiger partial charge in [0.1, 0.15) is 10.9 Å². The van der Waals surface area contributed by atoms with Crippen molar-refractivity contribution < 1.29 is 88.6 Å². The zero-order valence-electron chi connectivity index (χ0n) is 30.1. The molecule has 0 N–H and O–H groups in total. The van der Waals surface area contributed by atoms with Gasteiger partial charge in [0.05, 0.1) is 25.4 Å². The monoisotopic (exact) mass is 918 g/mol. The summed E-state index contributed by atoms with van der Waals surface area (Å²) in [6.45, 7) is -0.387. The van der Waals surface area contributed by atoms with Gasteiger partial charge < -0.3 is 35.9 Å². The van der Waals surface area contributed by atoms with Gasteiger partial charge in [-0.15, -0.1) is 0 Å². The molecule has 4 aliphatic carbocycles. The third-order valence-corrected chi connectivity index (χ3v) is 15.9. The van der Waals surface area contributed by atoms with Crippen molar-refractivity contribution in [2.45, 2.75) is 101 Å². The maximum Gasteiger partial charge on any atom is 0.426 e. The van der Waals surface area contributed by atoms with Gasteiger partial charge in [-0.25, -0.2) is 0 Å². The molecule has 8 unspecified atom stereocenters. The SMILES string of the molecule is FC(F)(F)C1(C(F)(F)F)OC2C1C1CCC2(COc2ccccc2[S+](c2ccccc2)c2ccccc2OCC23CCC(C2)C2C3OC2(C(F)(F)F)C(F)(F)F)C1.[Br-]. The molecule has 18 heteroatoms. The highest BCUT2D eigenvalue weighted by Crippen LogP contribution is 2.74. The van der Waals surface area contributed by atoms with Crippen molar-refractivity contribution in [2.75, 3.05) is 13.2 Å². The van der Waals surface area contributed by atoms with Gasteiger partial charge in [-0.2, -0.15) is 52.7 Å².